The number of fused-ring (bicyclic) bond motifs is 2. The predicted molar refractivity (Wildman–Crippen MR) is 84.6 cm³/mol. The van der Waals surface area contributed by atoms with Crippen LogP contribution in [0.5, 0.6) is 0 Å². The standard InChI is InChI=1S/C16H15N3O4/c1-10(20)17-13-5-3-4-6-14(13)18(11(2)21)16-9-12(19(22)23)7-8-15(16)17/h3-9,15-16H,1-2H3/t15-,16-/m1/s1. The zero-order valence-electron chi connectivity index (χ0n) is 12.7. The third-order valence-corrected chi connectivity index (χ3v) is 4.04. The van der Waals surface area contributed by atoms with Crippen LogP contribution in [0, 0.1) is 10.1 Å². The quantitative estimate of drug-likeness (QED) is 0.585. The fraction of sp³-hybridized carbons (Fsp3) is 0.250. The summed E-state index contributed by atoms with van der Waals surface area (Å²) in [5.74, 6) is -0.414. The molecule has 0 aromatic heterocycles. The maximum atomic E-state index is 12.2. The lowest BCUT2D eigenvalue weighted by Gasteiger charge is -2.46. The molecule has 1 aliphatic carbocycles. The maximum absolute atomic E-state index is 12.2. The van der Waals surface area contributed by atoms with Gasteiger partial charge in [-0.2, -0.15) is 0 Å². The van der Waals surface area contributed by atoms with Crippen molar-refractivity contribution in [2.24, 2.45) is 0 Å². The molecule has 0 spiro atoms. The monoisotopic (exact) mass is 313 g/mol. The molecule has 118 valence electrons. The Hall–Kier alpha value is -2.96. The molecule has 3 rings (SSSR count). The van der Waals surface area contributed by atoms with Gasteiger partial charge in [-0.15, -0.1) is 0 Å². The van der Waals surface area contributed by atoms with Gasteiger partial charge in [0.25, 0.3) is 5.70 Å². The zero-order valence-corrected chi connectivity index (χ0v) is 12.7. The van der Waals surface area contributed by atoms with E-state index in [4.69, 9.17) is 0 Å². The van der Waals surface area contributed by atoms with Gasteiger partial charge in [-0.3, -0.25) is 19.7 Å². The van der Waals surface area contributed by atoms with E-state index in [1.165, 1.54) is 30.9 Å². The van der Waals surface area contributed by atoms with Crippen LogP contribution in [0.2, 0.25) is 0 Å². The first kappa shape index (κ1) is 15.0. The average molecular weight is 313 g/mol. The summed E-state index contributed by atoms with van der Waals surface area (Å²) < 4.78 is 0. The summed E-state index contributed by atoms with van der Waals surface area (Å²) in [6.07, 6.45) is 4.41. The zero-order chi connectivity index (χ0) is 16.7. The normalized spacial score (nSPS) is 22.1. The largest absolute Gasteiger partial charge is 0.301 e. The van der Waals surface area contributed by atoms with E-state index >= 15 is 0 Å². The van der Waals surface area contributed by atoms with Crippen molar-refractivity contribution in [3.05, 3.63) is 58.3 Å². The molecule has 1 aliphatic heterocycles. The highest BCUT2D eigenvalue weighted by atomic mass is 16.6. The molecule has 0 bridgehead atoms. The number of carbonyl (C=O) groups excluding carboxylic acids is 2. The van der Waals surface area contributed by atoms with Crippen molar-refractivity contribution in [2.75, 3.05) is 9.80 Å². The molecule has 2 amide bonds. The van der Waals surface area contributed by atoms with Gasteiger partial charge in [0, 0.05) is 26.0 Å². The van der Waals surface area contributed by atoms with Crippen LogP contribution in [0.3, 0.4) is 0 Å². The molecule has 0 saturated heterocycles. The van der Waals surface area contributed by atoms with E-state index in [2.05, 4.69) is 0 Å². The van der Waals surface area contributed by atoms with Gasteiger partial charge in [-0.1, -0.05) is 18.2 Å². The number of benzene rings is 1. The van der Waals surface area contributed by atoms with Gasteiger partial charge >= 0.3 is 0 Å². The number of nitro groups is 1. The lowest BCUT2D eigenvalue weighted by Crippen LogP contribution is -2.58. The van der Waals surface area contributed by atoms with Crippen molar-refractivity contribution >= 4 is 23.2 Å². The number of carbonyl (C=O) groups is 2. The minimum atomic E-state index is -0.600. The molecule has 0 unspecified atom stereocenters. The topological polar surface area (TPSA) is 83.8 Å². The van der Waals surface area contributed by atoms with Crippen LogP contribution in [-0.2, 0) is 9.59 Å². The molecule has 2 atom stereocenters. The van der Waals surface area contributed by atoms with E-state index in [0.29, 0.717) is 11.4 Å². The number of nitrogens with zero attached hydrogens (tertiary/aromatic N) is 3. The highest BCUT2D eigenvalue weighted by Gasteiger charge is 2.42. The smallest absolute Gasteiger partial charge is 0.267 e. The average Bonchev–Trinajstić information content (AvgIpc) is 2.50. The predicted octanol–water partition coefficient (Wildman–Crippen LogP) is 1.87. The second-order valence-corrected chi connectivity index (χ2v) is 5.46. The first-order valence-corrected chi connectivity index (χ1v) is 7.15. The van der Waals surface area contributed by atoms with Gasteiger partial charge in [0.05, 0.1) is 28.4 Å². The highest BCUT2D eigenvalue weighted by molar-refractivity contribution is 6.04. The number of amides is 2. The van der Waals surface area contributed by atoms with Crippen molar-refractivity contribution in [1.82, 2.24) is 0 Å². The Labute approximate surface area is 132 Å². The highest BCUT2D eigenvalue weighted by Crippen LogP contribution is 2.40. The third kappa shape index (κ3) is 2.30. The van der Waals surface area contributed by atoms with Crippen LogP contribution in [0.1, 0.15) is 13.8 Å². The van der Waals surface area contributed by atoms with E-state index < -0.39 is 17.0 Å². The van der Waals surface area contributed by atoms with Crippen LogP contribution in [0.25, 0.3) is 0 Å². The van der Waals surface area contributed by atoms with Gasteiger partial charge in [0.1, 0.15) is 0 Å². The van der Waals surface area contributed by atoms with Gasteiger partial charge in [0.2, 0.25) is 11.8 Å². The molecule has 1 aromatic rings. The van der Waals surface area contributed by atoms with Crippen LogP contribution in [0.4, 0.5) is 11.4 Å². The summed E-state index contributed by atoms with van der Waals surface area (Å²) in [5.41, 5.74) is 1.12. The number of para-hydroxylation sites is 2. The second kappa shape index (κ2) is 5.35. The lowest BCUT2D eigenvalue weighted by atomic mass is 9.93. The number of rotatable bonds is 1. The third-order valence-electron chi connectivity index (χ3n) is 4.04. The van der Waals surface area contributed by atoms with Crippen molar-refractivity contribution < 1.29 is 14.5 Å². The molecule has 0 saturated carbocycles. The Morgan fingerprint density at radius 3 is 2.04 bits per heavy atom. The van der Waals surface area contributed by atoms with E-state index in [9.17, 15) is 19.7 Å². The van der Waals surface area contributed by atoms with Gasteiger partial charge in [-0.25, -0.2) is 0 Å². The van der Waals surface area contributed by atoms with Crippen LogP contribution in [0.15, 0.2) is 48.2 Å². The van der Waals surface area contributed by atoms with Crippen molar-refractivity contribution in [1.29, 1.82) is 0 Å². The molecule has 2 aliphatic rings. The minimum Gasteiger partial charge on any atom is -0.301 e. The molecule has 0 fully saturated rings. The first-order chi connectivity index (χ1) is 10.9. The SMILES string of the molecule is CC(=O)N1c2ccccc2N(C(C)=O)[C@@H]2C=C([N+](=O)[O-])C=C[C@H]21. The fourth-order valence-corrected chi connectivity index (χ4v) is 3.18. The number of hydrogen-bond acceptors (Lipinski definition) is 4. The van der Waals surface area contributed by atoms with Crippen molar-refractivity contribution in [2.45, 2.75) is 25.9 Å². The van der Waals surface area contributed by atoms with Gasteiger partial charge in [0.15, 0.2) is 0 Å². The van der Waals surface area contributed by atoms with Crippen LogP contribution in [-0.4, -0.2) is 28.8 Å². The Bertz CT molecular complexity index is 768. The molecule has 23 heavy (non-hydrogen) atoms. The summed E-state index contributed by atoms with van der Waals surface area (Å²) >= 11 is 0. The minimum absolute atomic E-state index is 0.0830. The molecule has 1 heterocycles. The molecule has 7 nitrogen and oxygen atoms in total. The van der Waals surface area contributed by atoms with Crippen LogP contribution >= 0.6 is 0 Å². The fourth-order valence-electron chi connectivity index (χ4n) is 3.18. The summed E-state index contributed by atoms with van der Waals surface area (Å²) in [6.45, 7) is 2.85. The summed E-state index contributed by atoms with van der Waals surface area (Å²) in [7, 11) is 0. The molecular weight excluding hydrogens is 298 g/mol. The van der Waals surface area contributed by atoms with Gasteiger partial charge < -0.3 is 9.80 Å². The van der Waals surface area contributed by atoms with Crippen molar-refractivity contribution in [3.63, 3.8) is 0 Å². The molecule has 0 N–H and O–H groups in total. The molecule has 1 aromatic carbocycles. The van der Waals surface area contributed by atoms with E-state index in [0.717, 1.165) is 0 Å². The number of anilines is 2. The summed E-state index contributed by atoms with van der Waals surface area (Å²) in [6, 6.07) is 6.00. The maximum Gasteiger partial charge on any atom is 0.267 e. The Morgan fingerprint density at radius 2 is 1.57 bits per heavy atom. The Balaban J connectivity index is 2.22. The van der Waals surface area contributed by atoms with Gasteiger partial charge in [-0.05, 0) is 12.1 Å². The summed E-state index contributed by atoms with van der Waals surface area (Å²) in [4.78, 5) is 38.0. The number of hydrogen-bond donors (Lipinski definition) is 0. The summed E-state index contributed by atoms with van der Waals surface area (Å²) in [5, 5.41) is 11.1. The first-order valence-electron chi connectivity index (χ1n) is 7.15. The lowest BCUT2D eigenvalue weighted by molar-refractivity contribution is -0.419. The molecular formula is C16H15N3O4. The molecule has 7 heteroatoms. The van der Waals surface area contributed by atoms with E-state index in [1.807, 2.05) is 0 Å². The second-order valence-electron chi connectivity index (χ2n) is 5.46. The molecule has 0 radical (unpaired) electrons. The van der Waals surface area contributed by atoms with E-state index in [1.54, 1.807) is 35.2 Å². The Morgan fingerprint density at radius 1 is 1.04 bits per heavy atom. The van der Waals surface area contributed by atoms with E-state index in [-0.39, 0.29) is 17.5 Å². The Kier molecular flexibility index (Phi) is 3.48. The van der Waals surface area contributed by atoms with Crippen molar-refractivity contribution in [3.8, 4) is 0 Å². The van der Waals surface area contributed by atoms with Crippen LogP contribution < -0.4 is 9.80 Å². The number of allylic oxidation sites excluding steroid dienone is 1.